The van der Waals surface area contributed by atoms with Crippen LogP contribution in [0, 0.1) is 11.6 Å². The molecule has 0 aliphatic carbocycles. The van der Waals surface area contributed by atoms with Crippen molar-refractivity contribution < 1.29 is 8.78 Å². The first-order valence-corrected chi connectivity index (χ1v) is 4.89. The molecule has 16 heavy (non-hydrogen) atoms. The fourth-order valence-electron chi connectivity index (χ4n) is 1.35. The van der Waals surface area contributed by atoms with Gasteiger partial charge in [-0.2, -0.15) is 0 Å². The molecule has 0 saturated carbocycles. The van der Waals surface area contributed by atoms with E-state index >= 15 is 0 Å². The van der Waals surface area contributed by atoms with E-state index in [0.29, 0.717) is 5.82 Å². The van der Waals surface area contributed by atoms with Crippen molar-refractivity contribution in [1.82, 2.24) is 9.97 Å². The molecule has 0 saturated heterocycles. The second kappa shape index (κ2) is 4.19. The van der Waals surface area contributed by atoms with Crippen LogP contribution >= 0.6 is 11.6 Å². The molecular formula is C10H8ClF2N3. The molecule has 84 valence electrons. The number of H-pyrrole nitrogens is 1. The minimum absolute atomic E-state index is 0.0148. The van der Waals surface area contributed by atoms with Crippen molar-refractivity contribution in [3.63, 3.8) is 0 Å². The van der Waals surface area contributed by atoms with Gasteiger partial charge in [0.15, 0.2) is 0 Å². The Morgan fingerprint density at radius 2 is 2.12 bits per heavy atom. The highest BCUT2D eigenvalue weighted by molar-refractivity contribution is 6.31. The van der Waals surface area contributed by atoms with Gasteiger partial charge in [0, 0.05) is 5.56 Å². The van der Waals surface area contributed by atoms with Gasteiger partial charge in [-0.15, -0.1) is 0 Å². The Kier molecular flexibility index (Phi) is 2.89. The normalized spacial score (nSPS) is 10.8. The summed E-state index contributed by atoms with van der Waals surface area (Å²) in [6.07, 6.45) is 0. The van der Waals surface area contributed by atoms with Crippen LogP contribution in [-0.4, -0.2) is 9.97 Å². The monoisotopic (exact) mass is 243 g/mol. The van der Waals surface area contributed by atoms with E-state index in [2.05, 4.69) is 9.97 Å². The average Bonchev–Trinajstić information content (AvgIpc) is 2.63. The van der Waals surface area contributed by atoms with Gasteiger partial charge in [0.05, 0.1) is 6.54 Å². The summed E-state index contributed by atoms with van der Waals surface area (Å²) >= 11 is 5.82. The molecule has 0 unspecified atom stereocenters. The van der Waals surface area contributed by atoms with Crippen LogP contribution < -0.4 is 5.73 Å². The van der Waals surface area contributed by atoms with Gasteiger partial charge < -0.3 is 10.7 Å². The molecule has 1 aromatic heterocycles. The molecule has 0 fully saturated rings. The third-order valence-electron chi connectivity index (χ3n) is 2.09. The molecule has 3 N–H and O–H groups in total. The third-order valence-corrected chi connectivity index (χ3v) is 2.36. The number of rotatable bonds is 2. The van der Waals surface area contributed by atoms with E-state index in [1.54, 1.807) is 0 Å². The Balaban J connectivity index is 2.57. The fourth-order valence-corrected chi connectivity index (χ4v) is 1.61. The molecule has 0 spiro atoms. The predicted molar refractivity (Wildman–Crippen MR) is 56.8 cm³/mol. The van der Waals surface area contributed by atoms with Crippen LogP contribution in [-0.2, 0) is 6.54 Å². The van der Waals surface area contributed by atoms with E-state index in [0.717, 1.165) is 18.2 Å². The number of aromatic amines is 1. The van der Waals surface area contributed by atoms with Crippen LogP contribution in [0.3, 0.4) is 0 Å². The van der Waals surface area contributed by atoms with Crippen LogP contribution in [0.4, 0.5) is 8.78 Å². The Morgan fingerprint density at radius 3 is 2.75 bits per heavy atom. The lowest BCUT2D eigenvalue weighted by Gasteiger charge is -1.99. The van der Waals surface area contributed by atoms with Gasteiger partial charge in [0.1, 0.15) is 28.3 Å². The summed E-state index contributed by atoms with van der Waals surface area (Å²) in [5.74, 6) is -0.716. The number of hydrogen-bond acceptors (Lipinski definition) is 2. The smallest absolute Gasteiger partial charge is 0.134 e. The summed E-state index contributed by atoms with van der Waals surface area (Å²) < 4.78 is 26.4. The summed E-state index contributed by atoms with van der Waals surface area (Å²) in [4.78, 5) is 6.66. The first-order chi connectivity index (χ1) is 7.61. The highest BCUT2D eigenvalue weighted by Gasteiger charge is 2.14. The molecule has 3 nitrogen and oxygen atoms in total. The molecule has 1 aromatic carbocycles. The number of imidazole rings is 1. The molecule has 2 aromatic rings. The Labute approximate surface area is 95.3 Å². The lowest BCUT2D eigenvalue weighted by atomic mass is 10.1. The molecule has 6 heteroatoms. The van der Waals surface area contributed by atoms with Gasteiger partial charge in [-0.25, -0.2) is 13.8 Å². The van der Waals surface area contributed by atoms with Crippen molar-refractivity contribution in [3.8, 4) is 11.3 Å². The molecule has 0 atom stereocenters. The van der Waals surface area contributed by atoms with E-state index in [9.17, 15) is 8.78 Å². The quantitative estimate of drug-likeness (QED) is 0.851. The standard InChI is InChI=1S/C10H8ClF2N3/c11-10-9(15-8(4-14)16-10)6-3-5(12)1-2-7(6)13/h1-3H,4,14H2,(H,15,16). The van der Waals surface area contributed by atoms with Crippen molar-refractivity contribution in [2.24, 2.45) is 5.73 Å². The maximum absolute atomic E-state index is 13.4. The van der Waals surface area contributed by atoms with Crippen LogP contribution in [0.1, 0.15) is 5.82 Å². The largest absolute Gasteiger partial charge is 0.331 e. The minimum Gasteiger partial charge on any atom is -0.331 e. The first-order valence-electron chi connectivity index (χ1n) is 4.51. The number of hydrogen-bond donors (Lipinski definition) is 2. The molecule has 1 heterocycles. The maximum Gasteiger partial charge on any atom is 0.134 e. The summed E-state index contributed by atoms with van der Waals surface area (Å²) in [6, 6.07) is 3.10. The van der Waals surface area contributed by atoms with Gasteiger partial charge in [-0.05, 0) is 18.2 Å². The van der Waals surface area contributed by atoms with E-state index in [1.807, 2.05) is 0 Å². The van der Waals surface area contributed by atoms with Crippen molar-refractivity contribution in [2.45, 2.75) is 6.54 Å². The molecular weight excluding hydrogens is 236 g/mol. The van der Waals surface area contributed by atoms with Crippen molar-refractivity contribution in [3.05, 3.63) is 40.8 Å². The van der Waals surface area contributed by atoms with Crippen molar-refractivity contribution >= 4 is 11.6 Å². The second-order valence-corrected chi connectivity index (χ2v) is 3.55. The topological polar surface area (TPSA) is 54.7 Å². The second-order valence-electron chi connectivity index (χ2n) is 3.17. The molecule has 0 bridgehead atoms. The Morgan fingerprint density at radius 1 is 1.38 bits per heavy atom. The fraction of sp³-hybridized carbons (Fsp3) is 0.100. The average molecular weight is 244 g/mol. The molecule has 0 amide bonds. The van der Waals surface area contributed by atoms with Gasteiger partial charge in [0.2, 0.25) is 0 Å². The summed E-state index contributed by atoms with van der Waals surface area (Å²) in [7, 11) is 0. The van der Waals surface area contributed by atoms with Crippen molar-refractivity contribution in [2.75, 3.05) is 0 Å². The lowest BCUT2D eigenvalue weighted by Crippen LogP contribution is -1.98. The number of nitrogens with two attached hydrogens (primary N) is 1. The van der Waals surface area contributed by atoms with E-state index in [1.165, 1.54) is 0 Å². The summed E-state index contributed by atoms with van der Waals surface area (Å²) in [5.41, 5.74) is 5.54. The summed E-state index contributed by atoms with van der Waals surface area (Å²) in [6.45, 7) is 0.149. The number of nitrogens with one attached hydrogen (secondary N) is 1. The van der Waals surface area contributed by atoms with Crippen LogP contribution in [0.5, 0.6) is 0 Å². The minimum atomic E-state index is -0.585. The highest BCUT2D eigenvalue weighted by atomic mass is 35.5. The number of benzene rings is 1. The molecule has 2 rings (SSSR count). The zero-order chi connectivity index (χ0) is 11.7. The number of nitrogens with zero attached hydrogens (tertiary/aromatic N) is 1. The van der Waals surface area contributed by atoms with Crippen LogP contribution in [0.2, 0.25) is 5.15 Å². The first kappa shape index (κ1) is 11.0. The zero-order valence-electron chi connectivity index (χ0n) is 8.10. The van der Waals surface area contributed by atoms with Crippen LogP contribution in [0.25, 0.3) is 11.3 Å². The van der Waals surface area contributed by atoms with E-state index in [-0.39, 0.29) is 23.0 Å². The highest BCUT2D eigenvalue weighted by Crippen LogP contribution is 2.28. The lowest BCUT2D eigenvalue weighted by molar-refractivity contribution is 0.602. The molecule has 0 aliphatic rings. The SMILES string of the molecule is NCc1nc(-c2cc(F)ccc2F)c(Cl)[nH]1. The van der Waals surface area contributed by atoms with Gasteiger partial charge in [-0.3, -0.25) is 0 Å². The van der Waals surface area contributed by atoms with Gasteiger partial charge in [-0.1, -0.05) is 11.6 Å². The van der Waals surface area contributed by atoms with Crippen LogP contribution in [0.15, 0.2) is 18.2 Å². The number of halogens is 3. The maximum atomic E-state index is 13.4. The Hall–Kier alpha value is -1.46. The van der Waals surface area contributed by atoms with E-state index < -0.39 is 11.6 Å². The number of aromatic nitrogens is 2. The molecule has 0 radical (unpaired) electrons. The predicted octanol–water partition coefficient (Wildman–Crippen LogP) is 2.47. The third kappa shape index (κ3) is 1.91. The Bertz CT molecular complexity index is 525. The zero-order valence-corrected chi connectivity index (χ0v) is 8.85. The van der Waals surface area contributed by atoms with Gasteiger partial charge >= 0.3 is 0 Å². The summed E-state index contributed by atoms with van der Waals surface area (Å²) in [5, 5.41) is 0.143. The molecule has 0 aliphatic heterocycles. The van der Waals surface area contributed by atoms with E-state index in [4.69, 9.17) is 17.3 Å². The van der Waals surface area contributed by atoms with Crippen molar-refractivity contribution in [1.29, 1.82) is 0 Å². The van der Waals surface area contributed by atoms with Gasteiger partial charge in [0.25, 0.3) is 0 Å².